The molecular formula is C27H34FN9O2. The number of rotatable bonds is 6. The van der Waals surface area contributed by atoms with Gasteiger partial charge in [-0.15, -0.1) is 0 Å². The van der Waals surface area contributed by atoms with E-state index in [-0.39, 0.29) is 11.9 Å². The first-order chi connectivity index (χ1) is 18.8. The number of nitrogens with two attached hydrogens (primary N) is 2. The Kier molecular flexibility index (Phi) is 9.34. The van der Waals surface area contributed by atoms with Crippen molar-refractivity contribution >= 4 is 23.1 Å². The molecule has 0 saturated carbocycles. The van der Waals surface area contributed by atoms with E-state index < -0.39 is 5.82 Å². The largest absolute Gasteiger partial charge is 0.397 e. The van der Waals surface area contributed by atoms with Crippen LogP contribution in [0.1, 0.15) is 37.6 Å². The molecule has 2 aliphatic heterocycles. The first-order valence-electron chi connectivity index (χ1n) is 12.8. The standard InChI is InChI=1S/C20H21FN8O.C7H13NO/c1-12-26-18(19-8-24-2-3-25-19)7-20(27-12)28-15-5-13(4-14(21)6-15)17(22)9-29(23)16-10-30-11-16;1-7(9)8-5-3-2-4-6-8/h2-9,16H,10-11,22-23H2,1H3,(H,26,27,28);2-6H2,1H3/b17-9-;. The number of piperidine rings is 1. The zero-order chi connectivity index (χ0) is 27.8. The number of amides is 1. The fourth-order valence-electron chi connectivity index (χ4n) is 4.12. The maximum Gasteiger partial charge on any atom is 0.219 e. The van der Waals surface area contributed by atoms with E-state index in [0.717, 1.165) is 13.1 Å². The quantitative estimate of drug-likeness (QED) is 0.318. The van der Waals surface area contributed by atoms with E-state index in [4.69, 9.17) is 16.3 Å². The number of likely N-dealkylation sites (tertiary alicyclic amines) is 1. The third kappa shape index (κ3) is 7.91. The third-order valence-corrected chi connectivity index (χ3v) is 6.30. The SMILES string of the molecule is CC(=O)N1CCCCC1.Cc1nc(Nc2cc(F)cc(/C(N)=C/N(N)C3COC3)c2)cc(-c2cnccn2)n1. The summed E-state index contributed by atoms with van der Waals surface area (Å²) in [6, 6.07) is 6.21. The molecule has 2 fully saturated rings. The van der Waals surface area contributed by atoms with Crippen LogP contribution in [0.5, 0.6) is 0 Å². The number of carbonyl (C=O) groups is 1. The highest BCUT2D eigenvalue weighted by molar-refractivity contribution is 5.73. The van der Waals surface area contributed by atoms with E-state index >= 15 is 0 Å². The molecule has 0 bridgehead atoms. The minimum absolute atomic E-state index is 0.0678. The van der Waals surface area contributed by atoms with Crippen molar-refractivity contribution in [2.24, 2.45) is 11.6 Å². The molecule has 5 rings (SSSR count). The number of carbonyl (C=O) groups excluding carboxylic acids is 1. The molecule has 2 aromatic heterocycles. The van der Waals surface area contributed by atoms with E-state index in [1.165, 1.54) is 36.4 Å². The van der Waals surface area contributed by atoms with Gasteiger partial charge in [-0.1, -0.05) is 0 Å². The third-order valence-electron chi connectivity index (χ3n) is 6.30. The number of hydrogen-bond donors (Lipinski definition) is 3. The molecule has 39 heavy (non-hydrogen) atoms. The van der Waals surface area contributed by atoms with Crippen LogP contribution in [-0.2, 0) is 9.53 Å². The van der Waals surface area contributed by atoms with Gasteiger partial charge in [0.05, 0.1) is 36.8 Å². The van der Waals surface area contributed by atoms with Crippen LogP contribution in [0.25, 0.3) is 17.1 Å². The van der Waals surface area contributed by atoms with Crippen molar-refractivity contribution in [3.8, 4) is 11.4 Å². The van der Waals surface area contributed by atoms with Crippen LogP contribution in [0.4, 0.5) is 15.9 Å². The van der Waals surface area contributed by atoms with Crippen LogP contribution in [0.2, 0.25) is 0 Å². The van der Waals surface area contributed by atoms with Crippen molar-refractivity contribution in [1.29, 1.82) is 0 Å². The number of nitrogens with one attached hydrogen (secondary N) is 1. The predicted molar refractivity (Wildman–Crippen MR) is 146 cm³/mol. The lowest BCUT2D eigenvalue weighted by atomic mass is 10.1. The van der Waals surface area contributed by atoms with Crippen molar-refractivity contribution in [2.75, 3.05) is 31.6 Å². The number of anilines is 2. The second-order valence-electron chi connectivity index (χ2n) is 9.42. The molecule has 4 heterocycles. The number of halogens is 1. The van der Waals surface area contributed by atoms with Crippen molar-refractivity contribution in [2.45, 2.75) is 39.2 Å². The topological polar surface area (TPSA) is 148 Å². The molecular weight excluding hydrogens is 501 g/mol. The van der Waals surface area contributed by atoms with Crippen LogP contribution in [-0.4, -0.2) is 68.1 Å². The molecule has 12 heteroatoms. The Bertz CT molecular complexity index is 1300. The molecule has 0 spiro atoms. The Labute approximate surface area is 227 Å². The molecule has 0 atom stereocenters. The molecule has 1 aromatic carbocycles. The van der Waals surface area contributed by atoms with Crippen molar-refractivity contribution in [3.05, 3.63) is 66.3 Å². The monoisotopic (exact) mass is 535 g/mol. The minimum Gasteiger partial charge on any atom is -0.397 e. The summed E-state index contributed by atoms with van der Waals surface area (Å²) in [5.74, 6) is 6.79. The first-order valence-corrected chi connectivity index (χ1v) is 12.8. The lowest BCUT2D eigenvalue weighted by Gasteiger charge is -2.33. The Morgan fingerprint density at radius 1 is 1.13 bits per heavy atom. The van der Waals surface area contributed by atoms with Gasteiger partial charge < -0.3 is 25.7 Å². The van der Waals surface area contributed by atoms with Crippen molar-refractivity contribution < 1.29 is 13.9 Å². The number of benzene rings is 1. The van der Waals surface area contributed by atoms with E-state index in [1.807, 2.05) is 4.90 Å². The second-order valence-corrected chi connectivity index (χ2v) is 9.42. The summed E-state index contributed by atoms with van der Waals surface area (Å²) >= 11 is 0. The van der Waals surface area contributed by atoms with Gasteiger partial charge in [0.1, 0.15) is 23.2 Å². The summed E-state index contributed by atoms with van der Waals surface area (Å²) in [4.78, 5) is 29.7. The van der Waals surface area contributed by atoms with Gasteiger partial charge in [0.25, 0.3) is 0 Å². The smallest absolute Gasteiger partial charge is 0.219 e. The summed E-state index contributed by atoms with van der Waals surface area (Å²) in [5, 5.41) is 4.59. The highest BCUT2D eigenvalue weighted by atomic mass is 19.1. The van der Waals surface area contributed by atoms with Crippen molar-refractivity contribution in [1.82, 2.24) is 29.8 Å². The normalized spacial score (nSPS) is 15.6. The Balaban J connectivity index is 0.000000333. The number of ether oxygens (including phenoxy) is 1. The number of aryl methyl sites for hydroxylation is 1. The Morgan fingerprint density at radius 3 is 2.51 bits per heavy atom. The van der Waals surface area contributed by atoms with E-state index in [0.29, 0.717) is 53.2 Å². The number of hydrazine groups is 1. The molecule has 0 unspecified atom stereocenters. The summed E-state index contributed by atoms with van der Waals surface area (Å²) in [6.07, 6.45) is 10.0. The lowest BCUT2D eigenvalue weighted by Crippen LogP contribution is -2.50. The lowest BCUT2D eigenvalue weighted by molar-refractivity contribution is -0.129. The van der Waals surface area contributed by atoms with Gasteiger partial charge >= 0.3 is 0 Å². The second kappa shape index (κ2) is 13.1. The fraction of sp³-hybridized carbons (Fsp3) is 0.370. The molecule has 1 amide bonds. The molecule has 5 N–H and O–H groups in total. The summed E-state index contributed by atoms with van der Waals surface area (Å²) in [6.45, 7) is 6.45. The Morgan fingerprint density at radius 2 is 1.90 bits per heavy atom. The molecule has 2 aliphatic rings. The van der Waals surface area contributed by atoms with Crippen LogP contribution >= 0.6 is 0 Å². The molecule has 0 aliphatic carbocycles. The van der Waals surface area contributed by atoms with Gasteiger partial charge in [0, 0.05) is 55.9 Å². The summed E-state index contributed by atoms with van der Waals surface area (Å²) < 4.78 is 19.4. The van der Waals surface area contributed by atoms with Crippen LogP contribution < -0.4 is 16.9 Å². The van der Waals surface area contributed by atoms with Crippen LogP contribution in [0.15, 0.2) is 49.1 Å². The zero-order valence-electron chi connectivity index (χ0n) is 22.2. The summed E-state index contributed by atoms with van der Waals surface area (Å²) in [5.41, 5.74) is 8.67. The van der Waals surface area contributed by atoms with Gasteiger partial charge in [-0.2, -0.15) is 0 Å². The minimum atomic E-state index is -0.443. The van der Waals surface area contributed by atoms with Crippen LogP contribution in [0, 0.1) is 12.7 Å². The average molecular weight is 536 g/mol. The molecule has 11 nitrogen and oxygen atoms in total. The predicted octanol–water partition coefficient (Wildman–Crippen LogP) is 2.98. The van der Waals surface area contributed by atoms with Gasteiger partial charge in [0.2, 0.25) is 5.91 Å². The average Bonchev–Trinajstić information content (AvgIpc) is 2.88. The van der Waals surface area contributed by atoms with E-state index in [1.54, 1.807) is 50.8 Å². The number of aromatic nitrogens is 4. The fourth-order valence-corrected chi connectivity index (χ4v) is 4.12. The first kappa shape index (κ1) is 27.9. The van der Waals surface area contributed by atoms with Gasteiger partial charge in [-0.05, 0) is 44.4 Å². The highest BCUT2D eigenvalue weighted by Crippen LogP contribution is 2.24. The van der Waals surface area contributed by atoms with E-state index in [2.05, 4.69) is 25.3 Å². The number of nitrogens with zero attached hydrogens (tertiary/aromatic N) is 6. The maximum absolute atomic E-state index is 14.2. The summed E-state index contributed by atoms with van der Waals surface area (Å²) in [7, 11) is 0. The zero-order valence-corrected chi connectivity index (χ0v) is 22.2. The highest BCUT2D eigenvalue weighted by Gasteiger charge is 2.22. The van der Waals surface area contributed by atoms with Gasteiger partial charge in [-0.25, -0.2) is 20.2 Å². The molecule has 206 valence electrons. The molecule has 3 aromatic rings. The van der Waals surface area contributed by atoms with E-state index in [9.17, 15) is 9.18 Å². The maximum atomic E-state index is 14.2. The number of hydrogen-bond acceptors (Lipinski definition) is 10. The van der Waals surface area contributed by atoms with Crippen LogP contribution in [0.3, 0.4) is 0 Å². The Hall–Kier alpha value is -4.16. The van der Waals surface area contributed by atoms with Gasteiger partial charge in [-0.3, -0.25) is 14.8 Å². The van der Waals surface area contributed by atoms with Gasteiger partial charge in [0.15, 0.2) is 0 Å². The molecule has 0 radical (unpaired) electrons. The van der Waals surface area contributed by atoms with Crippen molar-refractivity contribution in [3.63, 3.8) is 0 Å². The molecule has 2 saturated heterocycles.